The highest BCUT2D eigenvalue weighted by Crippen LogP contribution is 2.31. The molecule has 0 unspecified atom stereocenters. The minimum Gasteiger partial charge on any atom is -0.493 e. The molecule has 0 saturated heterocycles. The van der Waals surface area contributed by atoms with Gasteiger partial charge in [-0.2, -0.15) is 5.10 Å². The summed E-state index contributed by atoms with van der Waals surface area (Å²) in [5.41, 5.74) is 2.72. The predicted octanol–water partition coefficient (Wildman–Crippen LogP) is 4.53. The molecule has 0 aromatic heterocycles. The van der Waals surface area contributed by atoms with Crippen molar-refractivity contribution >= 4 is 35.5 Å². The van der Waals surface area contributed by atoms with E-state index in [4.69, 9.17) is 32.7 Å². The molecule has 0 atom stereocenters. The number of hydrogen-bond acceptors (Lipinski definition) is 5. The highest BCUT2D eigenvalue weighted by molar-refractivity contribution is 6.36. The first-order valence-corrected chi connectivity index (χ1v) is 8.52. The fraction of sp³-hybridized carbons (Fsp3) is 0.222. The van der Waals surface area contributed by atoms with Gasteiger partial charge in [0.2, 0.25) is 0 Å². The molecular formula is C18H18Cl2N2O4. The summed E-state index contributed by atoms with van der Waals surface area (Å²) in [4.78, 5) is 11.0. The van der Waals surface area contributed by atoms with Gasteiger partial charge in [0.05, 0.1) is 31.6 Å². The number of para-hydroxylation sites is 1. The Morgan fingerprint density at radius 3 is 2.62 bits per heavy atom. The predicted molar refractivity (Wildman–Crippen MR) is 102 cm³/mol. The molecule has 1 N–H and O–H groups in total. The first-order valence-electron chi connectivity index (χ1n) is 7.77. The molecule has 8 heteroatoms. The van der Waals surface area contributed by atoms with Crippen molar-refractivity contribution in [3.8, 4) is 11.5 Å². The minimum absolute atomic E-state index is 0.348. The van der Waals surface area contributed by atoms with Crippen LogP contribution >= 0.6 is 23.2 Å². The van der Waals surface area contributed by atoms with Crippen LogP contribution in [0.15, 0.2) is 47.6 Å². The van der Waals surface area contributed by atoms with Crippen molar-refractivity contribution in [2.75, 3.05) is 20.3 Å². The van der Waals surface area contributed by atoms with E-state index in [-0.39, 0.29) is 0 Å². The Hall–Kier alpha value is -2.44. The number of methoxy groups -OCH3 is 1. The van der Waals surface area contributed by atoms with Gasteiger partial charge in [-0.05, 0) is 24.3 Å². The average molecular weight is 397 g/mol. The third kappa shape index (κ3) is 6.46. The minimum atomic E-state index is -0.685. The molecule has 0 bridgehead atoms. The first-order chi connectivity index (χ1) is 12.6. The van der Waals surface area contributed by atoms with Gasteiger partial charge in [-0.3, -0.25) is 0 Å². The summed E-state index contributed by atoms with van der Waals surface area (Å²) in [6, 6.07) is 12.7. The molecule has 26 heavy (non-hydrogen) atoms. The van der Waals surface area contributed by atoms with E-state index in [9.17, 15) is 4.79 Å². The summed E-state index contributed by atoms with van der Waals surface area (Å²) < 4.78 is 15.8. The standard InChI is InChI=1S/C18H18Cl2N2O4/c1-24-18(23)22-21-12-13-10-14(19)11-16(20)17(13)26-9-5-8-25-15-6-3-2-4-7-15/h2-4,6-7,10-12H,5,8-9H2,1H3,(H,22,23)/b21-12-. The van der Waals surface area contributed by atoms with Crippen molar-refractivity contribution in [1.82, 2.24) is 5.43 Å². The Balaban J connectivity index is 1.91. The second-order valence-corrected chi connectivity index (χ2v) is 5.87. The number of halogens is 2. The van der Waals surface area contributed by atoms with Crippen LogP contribution in [-0.4, -0.2) is 32.6 Å². The molecule has 138 valence electrons. The van der Waals surface area contributed by atoms with Crippen molar-refractivity contribution in [2.45, 2.75) is 6.42 Å². The van der Waals surface area contributed by atoms with E-state index in [1.807, 2.05) is 30.3 Å². The largest absolute Gasteiger partial charge is 0.493 e. The molecule has 6 nitrogen and oxygen atoms in total. The monoisotopic (exact) mass is 396 g/mol. The number of amides is 1. The van der Waals surface area contributed by atoms with Crippen LogP contribution in [0.25, 0.3) is 0 Å². The van der Waals surface area contributed by atoms with Gasteiger partial charge in [-0.15, -0.1) is 0 Å². The van der Waals surface area contributed by atoms with Gasteiger partial charge in [0.1, 0.15) is 11.5 Å². The molecule has 2 aromatic rings. The molecule has 0 heterocycles. The summed E-state index contributed by atoms with van der Waals surface area (Å²) in [5.74, 6) is 1.23. The lowest BCUT2D eigenvalue weighted by Crippen LogP contribution is -2.16. The van der Waals surface area contributed by atoms with E-state index in [0.717, 1.165) is 5.75 Å². The third-order valence-corrected chi connectivity index (χ3v) is 3.63. The van der Waals surface area contributed by atoms with Crippen LogP contribution in [0.4, 0.5) is 4.79 Å². The summed E-state index contributed by atoms with van der Waals surface area (Å²) in [6.07, 6.45) is 1.35. The van der Waals surface area contributed by atoms with Gasteiger partial charge in [-0.25, -0.2) is 10.2 Å². The van der Waals surface area contributed by atoms with Gasteiger partial charge < -0.3 is 14.2 Å². The van der Waals surface area contributed by atoms with Crippen LogP contribution in [-0.2, 0) is 4.74 Å². The van der Waals surface area contributed by atoms with Gasteiger partial charge in [0.15, 0.2) is 0 Å². The fourth-order valence-corrected chi connectivity index (χ4v) is 2.53. The number of hydrazone groups is 1. The highest BCUT2D eigenvalue weighted by atomic mass is 35.5. The number of nitrogens with zero attached hydrogens (tertiary/aromatic N) is 1. The number of hydrogen-bond donors (Lipinski definition) is 1. The number of ether oxygens (including phenoxy) is 3. The average Bonchev–Trinajstić information content (AvgIpc) is 2.63. The lowest BCUT2D eigenvalue weighted by atomic mass is 10.2. The third-order valence-electron chi connectivity index (χ3n) is 3.13. The molecule has 0 radical (unpaired) electrons. The maximum absolute atomic E-state index is 11.0. The lowest BCUT2D eigenvalue weighted by Gasteiger charge is -2.12. The Bertz CT molecular complexity index is 754. The number of nitrogens with one attached hydrogen (secondary N) is 1. The van der Waals surface area contributed by atoms with Gasteiger partial charge in [-0.1, -0.05) is 41.4 Å². The molecule has 0 aliphatic heterocycles. The molecule has 2 rings (SSSR count). The van der Waals surface area contributed by atoms with Crippen molar-refractivity contribution in [3.63, 3.8) is 0 Å². The lowest BCUT2D eigenvalue weighted by molar-refractivity contribution is 0.171. The van der Waals surface area contributed by atoms with E-state index in [1.54, 1.807) is 12.1 Å². The summed E-state index contributed by atoms with van der Waals surface area (Å²) in [7, 11) is 1.24. The van der Waals surface area contributed by atoms with Crippen LogP contribution in [0.3, 0.4) is 0 Å². The topological polar surface area (TPSA) is 69.2 Å². The SMILES string of the molecule is COC(=O)N/N=C\c1cc(Cl)cc(Cl)c1OCCCOc1ccccc1. The van der Waals surface area contributed by atoms with Crippen molar-refractivity contribution in [1.29, 1.82) is 0 Å². The van der Waals surface area contributed by atoms with Gasteiger partial charge in [0.25, 0.3) is 0 Å². The second-order valence-electron chi connectivity index (χ2n) is 5.03. The number of benzene rings is 2. The first kappa shape index (κ1) is 19.9. The van der Waals surface area contributed by atoms with E-state index in [0.29, 0.717) is 41.0 Å². The van der Waals surface area contributed by atoms with Crippen molar-refractivity contribution in [3.05, 3.63) is 58.1 Å². The van der Waals surface area contributed by atoms with Crippen molar-refractivity contribution < 1.29 is 19.0 Å². The molecular weight excluding hydrogens is 379 g/mol. The fourth-order valence-electron chi connectivity index (χ4n) is 1.97. The van der Waals surface area contributed by atoms with Crippen LogP contribution in [0.5, 0.6) is 11.5 Å². The summed E-state index contributed by atoms with van der Waals surface area (Å²) in [6.45, 7) is 0.891. The summed E-state index contributed by atoms with van der Waals surface area (Å²) >= 11 is 12.2. The molecule has 0 fully saturated rings. The van der Waals surface area contributed by atoms with E-state index in [1.165, 1.54) is 13.3 Å². The van der Waals surface area contributed by atoms with E-state index < -0.39 is 6.09 Å². The highest BCUT2D eigenvalue weighted by Gasteiger charge is 2.10. The number of rotatable bonds is 8. The van der Waals surface area contributed by atoms with Crippen molar-refractivity contribution in [2.24, 2.45) is 5.10 Å². The Kier molecular flexibility index (Phi) is 8.05. The maximum atomic E-state index is 11.0. The Labute approximate surface area is 161 Å². The Morgan fingerprint density at radius 2 is 1.88 bits per heavy atom. The smallest absolute Gasteiger partial charge is 0.427 e. The molecule has 0 spiro atoms. The normalized spacial score (nSPS) is 10.6. The quantitative estimate of drug-likeness (QED) is 0.404. The maximum Gasteiger partial charge on any atom is 0.427 e. The molecule has 2 aromatic carbocycles. The molecule has 0 aliphatic rings. The number of carbonyl (C=O) groups excluding carboxylic acids is 1. The van der Waals surface area contributed by atoms with E-state index in [2.05, 4.69) is 15.3 Å². The Morgan fingerprint density at radius 1 is 1.15 bits per heavy atom. The summed E-state index contributed by atoms with van der Waals surface area (Å²) in [5, 5.41) is 4.54. The van der Waals surface area contributed by atoms with Crippen LogP contribution in [0.2, 0.25) is 10.0 Å². The zero-order valence-electron chi connectivity index (χ0n) is 14.1. The van der Waals surface area contributed by atoms with Crippen LogP contribution in [0.1, 0.15) is 12.0 Å². The molecule has 0 saturated carbocycles. The molecule has 1 amide bonds. The zero-order valence-corrected chi connectivity index (χ0v) is 15.6. The van der Waals surface area contributed by atoms with Crippen LogP contribution < -0.4 is 14.9 Å². The molecule has 0 aliphatic carbocycles. The van der Waals surface area contributed by atoms with Gasteiger partial charge in [0, 0.05) is 17.0 Å². The van der Waals surface area contributed by atoms with Crippen LogP contribution in [0, 0.1) is 0 Å². The number of carbonyl (C=O) groups is 1. The second kappa shape index (κ2) is 10.5. The van der Waals surface area contributed by atoms with E-state index >= 15 is 0 Å². The zero-order chi connectivity index (χ0) is 18.8. The van der Waals surface area contributed by atoms with Gasteiger partial charge >= 0.3 is 6.09 Å².